The molecule has 0 aliphatic heterocycles. The van der Waals surface area contributed by atoms with Crippen LogP contribution in [0.5, 0.6) is 11.5 Å². The van der Waals surface area contributed by atoms with Crippen molar-refractivity contribution in [2.24, 2.45) is 0 Å². The first kappa shape index (κ1) is 33.3. The second-order valence-corrected chi connectivity index (χ2v) is 15.8. The molecule has 0 N–H and O–H groups in total. The fourth-order valence-corrected chi connectivity index (χ4v) is 8.40. The van der Waals surface area contributed by atoms with E-state index in [9.17, 15) is 43.2 Å². The molecule has 53 heavy (non-hydrogen) atoms. The molecule has 14 heteroatoms. The second-order valence-electron chi connectivity index (χ2n) is 12.8. The van der Waals surface area contributed by atoms with Crippen LogP contribution in [-0.2, 0) is 26.7 Å². The van der Waals surface area contributed by atoms with Crippen LogP contribution in [0, 0.1) is 0 Å². The lowest BCUT2D eigenvalue weighted by Gasteiger charge is -2.15. The van der Waals surface area contributed by atoms with E-state index in [-0.39, 0.29) is 0 Å². The van der Waals surface area contributed by atoms with Crippen molar-refractivity contribution >= 4 is 84.9 Å². The standard InChI is InChI=1S/C39H20F6O6S2/c40-38(41,42)52(46,47)50-22-9-11-28-32-14-20-13-21-15-33-29-12-10-23(51-53(48,49)39(43,44)45)17-35(29)25-6-2-4-8-27(25)37(33)19-31(21)30(20)18-36(32)26-7-3-1-5-24(26)34(28)16-22/h1-12,14-19H,13H2. The van der Waals surface area contributed by atoms with Gasteiger partial charge in [0.1, 0.15) is 11.5 Å². The molecule has 0 fully saturated rings. The summed E-state index contributed by atoms with van der Waals surface area (Å²) in [6, 6.07) is 30.9. The van der Waals surface area contributed by atoms with E-state index in [2.05, 4.69) is 20.5 Å². The molecule has 0 saturated carbocycles. The van der Waals surface area contributed by atoms with Crippen molar-refractivity contribution in [3.05, 3.63) is 120 Å². The Kier molecular flexibility index (Phi) is 6.88. The maximum atomic E-state index is 13.1. The molecule has 8 aromatic carbocycles. The van der Waals surface area contributed by atoms with Crippen molar-refractivity contribution in [1.29, 1.82) is 0 Å². The van der Waals surface area contributed by atoms with Crippen molar-refractivity contribution in [2.75, 3.05) is 0 Å². The average Bonchev–Trinajstić information content (AvgIpc) is 3.45. The Hall–Kier alpha value is -5.60. The zero-order valence-electron chi connectivity index (χ0n) is 26.6. The number of benzene rings is 8. The molecule has 0 amide bonds. The molecule has 0 saturated heterocycles. The number of hydrogen-bond acceptors (Lipinski definition) is 6. The van der Waals surface area contributed by atoms with E-state index in [0.29, 0.717) is 38.7 Å². The third-order valence-corrected chi connectivity index (χ3v) is 11.7. The number of hydrogen-bond donors (Lipinski definition) is 0. The molecule has 0 radical (unpaired) electrons. The first-order chi connectivity index (χ1) is 25.0. The highest BCUT2D eigenvalue weighted by molar-refractivity contribution is 7.88. The molecule has 0 bridgehead atoms. The molecule has 0 spiro atoms. The third kappa shape index (κ3) is 5.06. The van der Waals surface area contributed by atoms with Crippen molar-refractivity contribution in [2.45, 2.75) is 17.4 Å². The predicted octanol–water partition coefficient (Wildman–Crippen LogP) is 10.6. The fraction of sp³-hybridized carbons (Fsp3) is 0.0769. The van der Waals surface area contributed by atoms with Gasteiger partial charge < -0.3 is 8.37 Å². The first-order valence-electron chi connectivity index (χ1n) is 15.8. The van der Waals surface area contributed by atoms with Crippen molar-refractivity contribution < 1.29 is 51.5 Å². The van der Waals surface area contributed by atoms with Crippen LogP contribution in [0.15, 0.2) is 109 Å². The number of rotatable bonds is 4. The van der Waals surface area contributed by atoms with Gasteiger partial charge >= 0.3 is 31.3 Å². The van der Waals surface area contributed by atoms with Gasteiger partial charge in [-0.25, -0.2) is 0 Å². The van der Waals surface area contributed by atoms with Gasteiger partial charge in [0.05, 0.1) is 0 Å². The molecule has 0 atom stereocenters. The molecule has 266 valence electrons. The Bertz CT molecular complexity index is 2940. The minimum atomic E-state index is -5.88. The molecule has 1 aliphatic carbocycles. The maximum Gasteiger partial charge on any atom is 0.534 e. The lowest BCUT2D eigenvalue weighted by atomic mass is 9.90. The molecule has 6 nitrogen and oxygen atoms in total. The Morgan fingerprint density at radius 2 is 0.698 bits per heavy atom. The Balaban J connectivity index is 1.24. The van der Waals surface area contributed by atoms with E-state index >= 15 is 0 Å². The number of alkyl halides is 6. The molecular weight excluding hydrogens is 743 g/mol. The fourth-order valence-electron chi connectivity index (χ4n) is 7.50. The molecular formula is C39H20F6O6S2. The van der Waals surface area contributed by atoms with Gasteiger partial charge in [-0.05, 0) is 154 Å². The smallest absolute Gasteiger partial charge is 0.376 e. The Morgan fingerprint density at radius 1 is 0.396 bits per heavy atom. The molecule has 1 aliphatic rings. The molecule has 8 aromatic rings. The van der Waals surface area contributed by atoms with Gasteiger partial charge in [0.15, 0.2) is 0 Å². The first-order valence-corrected chi connectivity index (χ1v) is 18.7. The van der Waals surface area contributed by atoms with Gasteiger partial charge in [0.2, 0.25) is 0 Å². The number of fused-ring (bicyclic) bond motifs is 15. The molecule has 0 unspecified atom stereocenters. The van der Waals surface area contributed by atoms with E-state index < -0.39 is 42.8 Å². The highest BCUT2D eigenvalue weighted by atomic mass is 32.2. The molecule has 0 aromatic heterocycles. The quantitative estimate of drug-likeness (QED) is 0.0768. The SMILES string of the molecule is O=S(=O)(Oc1ccc2c(c1)c1ccccc1c1cc3c(cc21)Cc1cc2c4ccc(OS(=O)(=O)C(F)(F)F)cc4c4ccccc4c2cc1-3)C(F)(F)F. The van der Waals surface area contributed by atoms with Gasteiger partial charge in [-0.15, -0.1) is 0 Å². The normalized spacial score (nSPS) is 13.7. The minimum absolute atomic E-state index is 0.473. The lowest BCUT2D eigenvalue weighted by Crippen LogP contribution is -2.28. The minimum Gasteiger partial charge on any atom is -0.376 e. The van der Waals surface area contributed by atoms with Crippen LogP contribution < -0.4 is 8.37 Å². The van der Waals surface area contributed by atoms with Gasteiger partial charge in [0.25, 0.3) is 0 Å². The summed E-state index contributed by atoms with van der Waals surface area (Å²) in [5.74, 6) is -0.945. The second kappa shape index (κ2) is 11.0. The summed E-state index contributed by atoms with van der Waals surface area (Å²) in [7, 11) is -11.8. The van der Waals surface area contributed by atoms with Crippen molar-refractivity contribution in [3.8, 4) is 22.6 Å². The van der Waals surface area contributed by atoms with E-state index in [1.165, 1.54) is 24.3 Å². The summed E-state index contributed by atoms with van der Waals surface area (Å²) in [6.45, 7) is 0. The lowest BCUT2D eigenvalue weighted by molar-refractivity contribution is -0.0504. The van der Waals surface area contributed by atoms with E-state index in [1.54, 1.807) is 36.4 Å². The summed E-state index contributed by atoms with van der Waals surface area (Å²) < 4.78 is 135. The van der Waals surface area contributed by atoms with E-state index in [0.717, 1.165) is 54.6 Å². The zero-order valence-corrected chi connectivity index (χ0v) is 28.3. The van der Waals surface area contributed by atoms with Crippen LogP contribution in [0.4, 0.5) is 26.3 Å². The molecule has 0 heterocycles. The summed E-state index contributed by atoms with van der Waals surface area (Å²) >= 11 is 0. The van der Waals surface area contributed by atoms with Crippen LogP contribution in [0.1, 0.15) is 11.1 Å². The predicted molar refractivity (Wildman–Crippen MR) is 191 cm³/mol. The van der Waals surface area contributed by atoms with Crippen molar-refractivity contribution in [1.82, 2.24) is 0 Å². The number of halogens is 6. The van der Waals surface area contributed by atoms with Crippen LogP contribution >= 0.6 is 0 Å². The van der Waals surface area contributed by atoms with Crippen LogP contribution in [0.3, 0.4) is 0 Å². The zero-order chi connectivity index (χ0) is 37.2. The summed E-state index contributed by atoms with van der Waals surface area (Å²) in [5, 5.41) is 8.70. The Labute approximate surface area is 296 Å². The van der Waals surface area contributed by atoms with E-state index in [4.69, 9.17) is 0 Å². The van der Waals surface area contributed by atoms with Gasteiger partial charge in [0, 0.05) is 0 Å². The van der Waals surface area contributed by atoms with Crippen LogP contribution in [0.25, 0.3) is 75.8 Å². The summed E-state index contributed by atoms with van der Waals surface area (Å²) in [6.07, 6.45) is 0.509. The van der Waals surface area contributed by atoms with Gasteiger partial charge in [-0.2, -0.15) is 43.2 Å². The largest absolute Gasteiger partial charge is 0.534 e. The summed E-state index contributed by atoms with van der Waals surface area (Å²) in [4.78, 5) is 0. The Morgan fingerprint density at radius 3 is 1.04 bits per heavy atom. The topological polar surface area (TPSA) is 86.7 Å². The monoisotopic (exact) mass is 762 g/mol. The van der Waals surface area contributed by atoms with Gasteiger partial charge in [-0.1, -0.05) is 48.5 Å². The average molecular weight is 763 g/mol. The van der Waals surface area contributed by atoms with E-state index in [1.807, 2.05) is 36.4 Å². The molecule has 9 rings (SSSR count). The van der Waals surface area contributed by atoms with Gasteiger partial charge in [-0.3, -0.25) is 0 Å². The highest BCUT2D eigenvalue weighted by Crippen LogP contribution is 2.47. The maximum absolute atomic E-state index is 13.1. The van der Waals surface area contributed by atoms with Crippen molar-refractivity contribution in [3.63, 3.8) is 0 Å². The van der Waals surface area contributed by atoms with Crippen LogP contribution in [0.2, 0.25) is 0 Å². The highest BCUT2D eigenvalue weighted by Gasteiger charge is 2.49. The third-order valence-electron chi connectivity index (χ3n) is 9.71. The summed E-state index contributed by atoms with van der Waals surface area (Å²) in [5.41, 5.74) is -7.30. The van der Waals surface area contributed by atoms with Crippen LogP contribution in [-0.4, -0.2) is 27.9 Å².